The Bertz CT molecular complexity index is 923. The molecule has 1 amide bonds. The number of carbonyl (C=O) groups is 2. The third-order valence-corrected chi connectivity index (χ3v) is 8.02. The summed E-state index contributed by atoms with van der Waals surface area (Å²) in [4.78, 5) is 26.2. The van der Waals surface area contributed by atoms with Crippen LogP contribution in [-0.2, 0) is 25.8 Å². The summed E-state index contributed by atoms with van der Waals surface area (Å²) in [6, 6.07) is 4.17. The first-order valence-electron chi connectivity index (χ1n) is 11.0. The monoisotopic (exact) mass is 474 g/mol. The minimum Gasteiger partial charge on any atom is -0.342 e. The number of ketones is 1. The number of nitrogens with two attached hydrogens (primary N) is 1. The number of amides is 1. The molecule has 10 heteroatoms. The molecule has 1 heterocycles. The number of hydrogen-bond donors (Lipinski definition) is 1. The number of Topliss-reactive ketones (excluding diaryl/α,β-unsaturated/α-hetero) is 1. The van der Waals surface area contributed by atoms with Crippen molar-refractivity contribution in [1.29, 1.82) is 0 Å². The van der Waals surface area contributed by atoms with Gasteiger partial charge in [0.15, 0.2) is 0 Å². The lowest BCUT2D eigenvalue weighted by atomic mass is 9.83. The zero-order valence-corrected chi connectivity index (χ0v) is 18.6. The van der Waals surface area contributed by atoms with E-state index in [1.54, 1.807) is 0 Å². The highest BCUT2D eigenvalue weighted by atomic mass is 32.2. The number of carbonyl (C=O) groups excluding carboxylic acids is 2. The molecule has 2 fully saturated rings. The van der Waals surface area contributed by atoms with Gasteiger partial charge in [-0.3, -0.25) is 9.59 Å². The summed E-state index contributed by atoms with van der Waals surface area (Å²) < 4.78 is 60.7. The van der Waals surface area contributed by atoms with Crippen LogP contribution >= 0.6 is 0 Å². The molecule has 3 rings (SSSR count). The van der Waals surface area contributed by atoms with E-state index in [1.165, 1.54) is 12.1 Å². The molecule has 0 spiro atoms. The summed E-state index contributed by atoms with van der Waals surface area (Å²) in [6.07, 6.45) is 5.61. The van der Waals surface area contributed by atoms with Gasteiger partial charge in [0.05, 0.1) is 10.8 Å². The van der Waals surface area contributed by atoms with Crippen LogP contribution in [0.3, 0.4) is 0 Å². The Balaban J connectivity index is 1.48. The van der Waals surface area contributed by atoms with Crippen LogP contribution in [0.4, 0.5) is 13.2 Å². The van der Waals surface area contributed by atoms with Gasteiger partial charge < -0.3 is 10.6 Å². The van der Waals surface area contributed by atoms with Crippen molar-refractivity contribution >= 4 is 21.5 Å². The number of nitrogens with zero attached hydrogens (tertiary/aromatic N) is 1. The summed E-state index contributed by atoms with van der Waals surface area (Å²) in [5.74, 6) is 0.105. The molecule has 32 heavy (non-hydrogen) atoms. The Morgan fingerprint density at radius 3 is 2.16 bits per heavy atom. The van der Waals surface area contributed by atoms with Gasteiger partial charge in [-0.25, -0.2) is 8.42 Å². The number of likely N-dealkylation sites (tertiary alicyclic amines) is 1. The quantitative estimate of drug-likeness (QED) is 0.683. The average Bonchev–Trinajstić information content (AvgIpc) is 2.74. The Morgan fingerprint density at radius 1 is 1.00 bits per heavy atom. The van der Waals surface area contributed by atoms with Gasteiger partial charge in [-0.1, -0.05) is 25.0 Å². The van der Waals surface area contributed by atoms with E-state index < -0.39 is 20.2 Å². The largest absolute Gasteiger partial charge is 0.501 e. The highest BCUT2D eigenvalue weighted by molar-refractivity contribution is 7.92. The van der Waals surface area contributed by atoms with Crippen molar-refractivity contribution in [2.45, 2.75) is 67.8 Å². The van der Waals surface area contributed by atoms with Gasteiger partial charge in [-0.05, 0) is 49.3 Å². The van der Waals surface area contributed by atoms with Crippen LogP contribution in [0.15, 0.2) is 29.2 Å². The van der Waals surface area contributed by atoms with Crippen molar-refractivity contribution in [2.24, 2.45) is 17.6 Å². The summed E-state index contributed by atoms with van der Waals surface area (Å²) in [6.45, 7) is 1.20. The van der Waals surface area contributed by atoms with Crippen LogP contribution in [0.25, 0.3) is 0 Å². The lowest BCUT2D eigenvalue weighted by Crippen LogP contribution is -2.48. The minimum absolute atomic E-state index is 0.0302. The van der Waals surface area contributed by atoms with Gasteiger partial charge in [-0.15, -0.1) is 0 Å². The number of rotatable bonds is 6. The van der Waals surface area contributed by atoms with Crippen molar-refractivity contribution < 1.29 is 31.2 Å². The summed E-state index contributed by atoms with van der Waals surface area (Å²) in [5, 5.41) is 0. The molecule has 1 saturated carbocycles. The fraction of sp³-hybridized carbons (Fsp3) is 0.636. The molecule has 1 aromatic rings. The van der Waals surface area contributed by atoms with Gasteiger partial charge in [0.2, 0.25) is 5.91 Å². The van der Waals surface area contributed by atoms with E-state index in [9.17, 15) is 31.2 Å². The number of benzene rings is 1. The molecular formula is C22H29F3N2O4S. The van der Waals surface area contributed by atoms with Crippen molar-refractivity contribution in [3.8, 4) is 0 Å². The predicted molar refractivity (Wildman–Crippen MR) is 112 cm³/mol. The van der Waals surface area contributed by atoms with E-state index in [0.29, 0.717) is 25.1 Å². The molecule has 2 aliphatic rings. The Kier molecular flexibility index (Phi) is 7.65. The second-order valence-corrected chi connectivity index (χ2v) is 10.8. The topological polar surface area (TPSA) is 97.5 Å². The minimum atomic E-state index is -5.39. The maximum Gasteiger partial charge on any atom is 0.501 e. The molecule has 0 radical (unpaired) electrons. The van der Waals surface area contributed by atoms with Crippen LogP contribution in [0, 0.1) is 11.8 Å². The Hall–Kier alpha value is -1.94. The predicted octanol–water partition coefficient (Wildman–Crippen LogP) is 3.24. The van der Waals surface area contributed by atoms with E-state index >= 15 is 0 Å². The molecular weight excluding hydrogens is 445 g/mol. The van der Waals surface area contributed by atoms with Gasteiger partial charge in [0.25, 0.3) is 9.84 Å². The molecule has 2 N–H and O–H groups in total. The zero-order chi connectivity index (χ0) is 23.5. The second kappa shape index (κ2) is 9.91. The maximum atomic E-state index is 12.8. The summed E-state index contributed by atoms with van der Waals surface area (Å²) in [7, 11) is -5.39. The Labute approximate surface area is 186 Å². The maximum absolute atomic E-state index is 12.8. The van der Waals surface area contributed by atoms with E-state index in [1.807, 2.05) is 4.90 Å². The Morgan fingerprint density at radius 2 is 1.59 bits per heavy atom. The molecule has 1 saturated heterocycles. The summed E-state index contributed by atoms with van der Waals surface area (Å²) in [5.41, 5.74) is 1.24. The lowest BCUT2D eigenvalue weighted by molar-refractivity contribution is -0.138. The lowest BCUT2D eigenvalue weighted by Gasteiger charge is -2.37. The molecule has 0 aromatic heterocycles. The standard InChI is InChI=1S/C22H29F3N2O4S/c23-22(24,25)32(30,31)18-7-5-15(6-8-18)13-17(28)14-16-9-11-27(12-10-16)21(29)19-3-1-2-4-20(19)26/h5-8,16,19-20H,1-4,9-14,26H2/t19-,20-/m0/s1. The fourth-order valence-electron chi connectivity index (χ4n) is 4.60. The number of piperidine rings is 1. The van der Waals surface area contributed by atoms with Crippen molar-refractivity contribution in [3.63, 3.8) is 0 Å². The van der Waals surface area contributed by atoms with Gasteiger partial charge in [0, 0.05) is 32.0 Å². The SMILES string of the molecule is N[C@H]1CCCC[C@@H]1C(=O)N1CCC(CC(=O)Cc2ccc(S(=O)(=O)C(F)(F)F)cc2)CC1. The molecule has 0 unspecified atom stereocenters. The third kappa shape index (κ3) is 5.70. The van der Waals surface area contributed by atoms with Crippen LogP contribution in [-0.4, -0.2) is 49.6 Å². The van der Waals surface area contributed by atoms with Crippen LogP contribution in [0.2, 0.25) is 0 Å². The second-order valence-electron chi connectivity index (χ2n) is 8.84. The first-order valence-corrected chi connectivity index (χ1v) is 12.4. The molecule has 178 valence electrons. The van der Waals surface area contributed by atoms with Gasteiger partial charge in [-0.2, -0.15) is 13.2 Å². The smallest absolute Gasteiger partial charge is 0.342 e. The zero-order valence-electron chi connectivity index (χ0n) is 17.8. The third-order valence-electron chi connectivity index (χ3n) is 6.52. The molecule has 1 aliphatic heterocycles. The molecule has 6 nitrogen and oxygen atoms in total. The van der Waals surface area contributed by atoms with Gasteiger partial charge >= 0.3 is 5.51 Å². The van der Waals surface area contributed by atoms with Crippen LogP contribution in [0.1, 0.15) is 50.5 Å². The van der Waals surface area contributed by atoms with Crippen molar-refractivity contribution in [3.05, 3.63) is 29.8 Å². The normalized spacial score (nSPS) is 23.2. The highest BCUT2D eigenvalue weighted by Crippen LogP contribution is 2.31. The van der Waals surface area contributed by atoms with E-state index in [0.717, 1.165) is 50.7 Å². The van der Waals surface area contributed by atoms with E-state index in [-0.39, 0.29) is 36.0 Å². The number of alkyl halides is 3. The summed E-state index contributed by atoms with van der Waals surface area (Å²) >= 11 is 0. The first kappa shape index (κ1) is 24.7. The number of sulfone groups is 1. The molecule has 0 bridgehead atoms. The number of halogens is 3. The molecule has 1 aromatic carbocycles. The molecule has 1 aliphatic carbocycles. The fourth-order valence-corrected chi connectivity index (χ4v) is 5.36. The first-order chi connectivity index (χ1) is 15.0. The number of hydrogen-bond acceptors (Lipinski definition) is 5. The van der Waals surface area contributed by atoms with E-state index in [4.69, 9.17) is 5.73 Å². The van der Waals surface area contributed by atoms with Crippen LogP contribution in [0.5, 0.6) is 0 Å². The van der Waals surface area contributed by atoms with E-state index in [2.05, 4.69) is 0 Å². The highest BCUT2D eigenvalue weighted by Gasteiger charge is 2.46. The average molecular weight is 475 g/mol. The van der Waals surface area contributed by atoms with Crippen LogP contribution < -0.4 is 5.73 Å². The van der Waals surface area contributed by atoms with Crippen molar-refractivity contribution in [1.82, 2.24) is 4.90 Å². The van der Waals surface area contributed by atoms with Gasteiger partial charge in [0.1, 0.15) is 5.78 Å². The molecule has 2 atom stereocenters. The van der Waals surface area contributed by atoms with Crippen molar-refractivity contribution in [2.75, 3.05) is 13.1 Å².